The molecule has 1 aromatic rings. The number of halogens is 1. The van der Waals surface area contributed by atoms with Crippen molar-refractivity contribution in [3.8, 4) is 0 Å². The molecule has 0 amide bonds. The predicted octanol–water partition coefficient (Wildman–Crippen LogP) is 2.28. The molecule has 1 aliphatic heterocycles. The van der Waals surface area contributed by atoms with E-state index in [2.05, 4.69) is 39.8 Å². The number of aromatic nitrogens is 1. The van der Waals surface area contributed by atoms with E-state index in [1.54, 1.807) is 0 Å². The number of rotatable bonds is 2. The van der Waals surface area contributed by atoms with Gasteiger partial charge >= 0.3 is 0 Å². The van der Waals surface area contributed by atoms with Crippen molar-refractivity contribution >= 4 is 15.9 Å². The van der Waals surface area contributed by atoms with Gasteiger partial charge in [-0.3, -0.25) is 4.90 Å². The van der Waals surface area contributed by atoms with Crippen LogP contribution in [0.1, 0.15) is 19.6 Å². The minimum Gasteiger partial charge on any atom is -0.359 e. The number of hydrogen-bond acceptors (Lipinski definition) is 3. The Hall–Kier alpha value is -0.350. The molecule has 4 heteroatoms. The highest BCUT2D eigenvalue weighted by atomic mass is 79.9. The summed E-state index contributed by atoms with van der Waals surface area (Å²) in [6, 6.07) is 1.92. The fourth-order valence-corrected chi connectivity index (χ4v) is 2.19. The summed E-state index contributed by atoms with van der Waals surface area (Å²) >= 11 is 3.26. The summed E-state index contributed by atoms with van der Waals surface area (Å²) in [5.41, 5.74) is 0.483. The van der Waals surface area contributed by atoms with Crippen LogP contribution >= 0.6 is 15.9 Å². The molecule has 1 saturated heterocycles. The first-order valence-electron chi connectivity index (χ1n) is 4.39. The van der Waals surface area contributed by atoms with E-state index in [-0.39, 0.29) is 0 Å². The first kappa shape index (κ1) is 9.21. The van der Waals surface area contributed by atoms with Crippen LogP contribution in [0, 0.1) is 5.41 Å². The molecule has 1 fully saturated rings. The fraction of sp³-hybridized carbons (Fsp3) is 0.667. The normalized spacial score (nSPS) is 21.5. The van der Waals surface area contributed by atoms with Crippen LogP contribution in [0.25, 0.3) is 0 Å². The van der Waals surface area contributed by atoms with Gasteiger partial charge in [-0.05, 0) is 21.3 Å². The zero-order chi connectivity index (χ0) is 9.47. The van der Waals surface area contributed by atoms with Gasteiger partial charge in [-0.2, -0.15) is 0 Å². The molecular weight excluding hydrogens is 232 g/mol. The Kier molecular flexibility index (Phi) is 2.20. The molecule has 13 heavy (non-hydrogen) atoms. The number of hydrogen-bond donors (Lipinski definition) is 0. The highest BCUT2D eigenvalue weighted by molar-refractivity contribution is 9.10. The molecule has 1 aromatic heterocycles. The molecule has 0 spiro atoms. The average molecular weight is 245 g/mol. The van der Waals surface area contributed by atoms with Crippen molar-refractivity contribution < 1.29 is 4.52 Å². The highest BCUT2D eigenvalue weighted by Gasteiger charge is 2.34. The molecule has 2 rings (SSSR count). The first-order valence-corrected chi connectivity index (χ1v) is 5.18. The quantitative estimate of drug-likeness (QED) is 0.800. The maximum Gasteiger partial charge on any atom is 0.151 e. The van der Waals surface area contributed by atoms with E-state index in [9.17, 15) is 0 Å². The molecule has 0 aromatic carbocycles. The second-order valence-corrected chi connectivity index (χ2v) is 5.24. The Bertz CT molecular complexity index is 300. The first-order chi connectivity index (χ1) is 6.05. The Labute approximate surface area is 86.2 Å². The molecule has 2 heterocycles. The van der Waals surface area contributed by atoms with Crippen molar-refractivity contribution in [2.75, 3.05) is 13.1 Å². The summed E-state index contributed by atoms with van der Waals surface area (Å²) in [5.74, 6) is 0.933. The van der Waals surface area contributed by atoms with Gasteiger partial charge in [0, 0.05) is 19.2 Å². The van der Waals surface area contributed by atoms with Crippen LogP contribution < -0.4 is 0 Å². The molecule has 0 atom stereocenters. The molecule has 0 bridgehead atoms. The molecule has 0 unspecified atom stereocenters. The number of nitrogens with zero attached hydrogens (tertiary/aromatic N) is 2. The predicted molar refractivity (Wildman–Crippen MR) is 53.3 cm³/mol. The van der Waals surface area contributed by atoms with Gasteiger partial charge < -0.3 is 4.52 Å². The molecule has 0 aliphatic carbocycles. The Morgan fingerprint density at radius 3 is 2.77 bits per heavy atom. The lowest BCUT2D eigenvalue weighted by Gasteiger charge is -2.45. The summed E-state index contributed by atoms with van der Waals surface area (Å²) in [6.45, 7) is 7.72. The molecular formula is C9H13BrN2O. The molecule has 0 N–H and O–H groups in total. The van der Waals surface area contributed by atoms with Gasteiger partial charge in [0.15, 0.2) is 5.76 Å². The van der Waals surface area contributed by atoms with Gasteiger partial charge in [-0.1, -0.05) is 19.0 Å². The Balaban J connectivity index is 1.87. The van der Waals surface area contributed by atoms with Crippen molar-refractivity contribution in [1.82, 2.24) is 10.1 Å². The lowest BCUT2D eigenvalue weighted by Crippen LogP contribution is -2.51. The summed E-state index contributed by atoms with van der Waals surface area (Å²) in [4.78, 5) is 2.35. The van der Waals surface area contributed by atoms with Crippen LogP contribution in [0.4, 0.5) is 0 Å². The van der Waals surface area contributed by atoms with Crippen molar-refractivity contribution in [3.63, 3.8) is 0 Å². The van der Waals surface area contributed by atoms with Crippen LogP contribution in [0.5, 0.6) is 0 Å². The monoisotopic (exact) mass is 244 g/mol. The van der Waals surface area contributed by atoms with Gasteiger partial charge in [0.25, 0.3) is 0 Å². The van der Waals surface area contributed by atoms with Gasteiger partial charge in [0.1, 0.15) is 4.60 Å². The van der Waals surface area contributed by atoms with Crippen molar-refractivity contribution in [2.45, 2.75) is 20.4 Å². The highest BCUT2D eigenvalue weighted by Crippen LogP contribution is 2.30. The molecule has 1 aliphatic rings. The van der Waals surface area contributed by atoms with Crippen LogP contribution in [-0.2, 0) is 6.54 Å². The van der Waals surface area contributed by atoms with E-state index in [1.165, 1.54) is 0 Å². The van der Waals surface area contributed by atoms with E-state index in [4.69, 9.17) is 4.52 Å². The van der Waals surface area contributed by atoms with E-state index in [0.29, 0.717) is 5.41 Å². The van der Waals surface area contributed by atoms with Crippen LogP contribution in [0.15, 0.2) is 15.2 Å². The van der Waals surface area contributed by atoms with Gasteiger partial charge in [0.2, 0.25) is 0 Å². The van der Waals surface area contributed by atoms with E-state index < -0.39 is 0 Å². The summed E-state index contributed by atoms with van der Waals surface area (Å²) in [5, 5.41) is 3.78. The maximum absolute atomic E-state index is 5.10. The van der Waals surface area contributed by atoms with Crippen molar-refractivity contribution in [3.05, 3.63) is 16.4 Å². The molecule has 0 radical (unpaired) electrons. The third kappa shape index (κ3) is 2.11. The zero-order valence-corrected chi connectivity index (χ0v) is 9.47. The van der Waals surface area contributed by atoms with Crippen LogP contribution in [-0.4, -0.2) is 23.1 Å². The van der Waals surface area contributed by atoms with Crippen molar-refractivity contribution in [1.29, 1.82) is 0 Å². The largest absolute Gasteiger partial charge is 0.359 e. The number of likely N-dealkylation sites (tertiary alicyclic amines) is 1. The Morgan fingerprint density at radius 1 is 1.62 bits per heavy atom. The molecule has 0 saturated carbocycles. The van der Waals surface area contributed by atoms with E-state index in [1.807, 2.05) is 6.07 Å². The summed E-state index contributed by atoms with van der Waals surface area (Å²) in [6.07, 6.45) is 0. The lowest BCUT2D eigenvalue weighted by atomic mass is 9.84. The third-order valence-corrected chi connectivity index (χ3v) is 2.59. The van der Waals surface area contributed by atoms with E-state index in [0.717, 1.165) is 30.0 Å². The summed E-state index contributed by atoms with van der Waals surface area (Å²) < 4.78 is 5.88. The maximum atomic E-state index is 5.10. The second-order valence-electron chi connectivity index (χ2n) is 4.43. The Morgan fingerprint density at radius 2 is 2.31 bits per heavy atom. The average Bonchev–Trinajstić information content (AvgIpc) is 2.31. The van der Waals surface area contributed by atoms with E-state index >= 15 is 0 Å². The van der Waals surface area contributed by atoms with Crippen LogP contribution in [0.2, 0.25) is 0 Å². The zero-order valence-electron chi connectivity index (χ0n) is 7.88. The minimum absolute atomic E-state index is 0.483. The third-order valence-electron chi connectivity index (χ3n) is 2.21. The van der Waals surface area contributed by atoms with Gasteiger partial charge in [-0.15, -0.1) is 0 Å². The van der Waals surface area contributed by atoms with Gasteiger partial charge in [0.05, 0.1) is 6.54 Å². The topological polar surface area (TPSA) is 29.3 Å². The fourth-order valence-electron chi connectivity index (χ4n) is 1.86. The molecule has 3 nitrogen and oxygen atoms in total. The molecule has 72 valence electrons. The second kappa shape index (κ2) is 3.10. The van der Waals surface area contributed by atoms with Crippen molar-refractivity contribution in [2.24, 2.45) is 5.41 Å². The van der Waals surface area contributed by atoms with Crippen LogP contribution in [0.3, 0.4) is 0 Å². The standard InChI is InChI=1S/C9H13BrN2O/c1-9(2)5-12(6-9)4-7-3-8(10)11-13-7/h3H,4-6H2,1-2H3. The summed E-state index contributed by atoms with van der Waals surface area (Å²) in [7, 11) is 0. The minimum atomic E-state index is 0.483. The van der Waals surface area contributed by atoms with Gasteiger partial charge in [-0.25, -0.2) is 0 Å². The smallest absolute Gasteiger partial charge is 0.151 e. The SMILES string of the molecule is CC1(C)CN(Cc2cc(Br)no2)C1. The lowest BCUT2D eigenvalue weighted by molar-refractivity contribution is 0.0177.